The molecule has 8 heteroatoms. The number of nitrogens with two attached hydrogens (primary N) is 1. The number of aromatic amines is 1. The van der Waals surface area contributed by atoms with Gasteiger partial charge in [0.2, 0.25) is 11.8 Å². The number of H-pyrrole nitrogens is 1. The van der Waals surface area contributed by atoms with Crippen LogP contribution in [0.1, 0.15) is 12.0 Å². The Kier molecular flexibility index (Phi) is 5.21. The van der Waals surface area contributed by atoms with E-state index in [1.807, 2.05) is 0 Å². The summed E-state index contributed by atoms with van der Waals surface area (Å²) in [4.78, 5) is 22.1. The largest absolute Gasteiger partial charge is 0.475 e. The third kappa shape index (κ3) is 3.85. The molecule has 0 unspecified atom stereocenters. The molecule has 0 saturated carbocycles. The monoisotopic (exact) mass is 358 g/mol. The maximum absolute atomic E-state index is 14.1. The standard InChI is InChI=1S/C18H16F2N4O2/c19-4-1-5-26-18-15(20)7-13(10-24-18)12-6-14-11(2-3-16(21)25)8-22-17(14)23-9-12/h2-3,6-10H,1,4-5H2,(H2,21,25)(H,22,23). The lowest BCUT2D eigenvalue weighted by Crippen LogP contribution is -2.04. The third-order valence-corrected chi connectivity index (χ3v) is 3.65. The molecule has 0 aliphatic carbocycles. The van der Waals surface area contributed by atoms with Crippen molar-refractivity contribution in [3.8, 4) is 17.0 Å². The van der Waals surface area contributed by atoms with Crippen molar-refractivity contribution >= 4 is 23.0 Å². The van der Waals surface area contributed by atoms with Gasteiger partial charge in [-0.3, -0.25) is 9.18 Å². The number of hydrogen-bond donors (Lipinski definition) is 2. The first-order chi connectivity index (χ1) is 12.6. The van der Waals surface area contributed by atoms with Crippen molar-refractivity contribution < 1.29 is 18.3 Å². The van der Waals surface area contributed by atoms with E-state index in [0.717, 1.165) is 10.9 Å². The van der Waals surface area contributed by atoms with Crippen LogP contribution < -0.4 is 10.5 Å². The highest BCUT2D eigenvalue weighted by molar-refractivity contribution is 5.95. The van der Waals surface area contributed by atoms with Crippen molar-refractivity contribution in [2.45, 2.75) is 6.42 Å². The normalized spacial score (nSPS) is 11.3. The first kappa shape index (κ1) is 17.5. The molecule has 134 valence electrons. The van der Waals surface area contributed by atoms with Crippen molar-refractivity contribution in [3.05, 3.63) is 48.2 Å². The summed E-state index contributed by atoms with van der Waals surface area (Å²) >= 11 is 0. The van der Waals surface area contributed by atoms with Gasteiger partial charge in [0, 0.05) is 53.2 Å². The lowest BCUT2D eigenvalue weighted by molar-refractivity contribution is -0.113. The zero-order valence-corrected chi connectivity index (χ0v) is 13.7. The van der Waals surface area contributed by atoms with Crippen molar-refractivity contribution in [3.63, 3.8) is 0 Å². The van der Waals surface area contributed by atoms with Gasteiger partial charge in [-0.25, -0.2) is 14.4 Å². The summed E-state index contributed by atoms with van der Waals surface area (Å²) in [6, 6.07) is 3.09. The van der Waals surface area contributed by atoms with Crippen LogP contribution in [0.15, 0.2) is 36.8 Å². The molecule has 3 rings (SSSR count). The Morgan fingerprint density at radius 1 is 1.27 bits per heavy atom. The number of rotatable bonds is 7. The summed E-state index contributed by atoms with van der Waals surface area (Å²) in [7, 11) is 0. The van der Waals surface area contributed by atoms with Crippen molar-refractivity contribution in [2.75, 3.05) is 13.3 Å². The molecule has 0 spiro atoms. The Hall–Kier alpha value is -3.29. The molecule has 3 heterocycles. The molecule has 6 nitrogen and oxygen atoms in total. The molecular weight excluding hydrogens is 342 g/mol. The Balaban J connectivity index is 1.91. The third-order valence-electron chi connectivity index (χ3n) is 3.65. The minimum Gasteiger partial charge on any atom is -0.475 e. The highest BCUT2D eigenvalue weighted by Crippen LogP contribution is 2.27. The van der Waals surface area contributed by atoms with Crippen LogP contribution in [0.2, 0.25) is 0 Å². The fraction of sp³-hybridized carbons (Fsp3) is 0.167. The van der Waals surface area contributed by atoms with Gasteiger partial charge in [0.25, 0.3) is 0 Å². The molecule has 0 aliphatic heterocycles. The number of nitrogens with one attached hydrogen (secondary N) is 1. The van der Waals surface area contributed by atoms with E-state index in [-0.39, 0.29) is 18.9 Å². The summed E-state index contributed by atoms with van der Waals surface area (Å²) in [6.07, 6.45) is 7.75. The number of ether oxygens (including phenoxy) is 1. The predicted molar refractivity (Wildman–Crippen MR) is 93.6 cm³/mol. The lowest BCUT2D eigenvalue weighted by atomic mass is 10.1. The van der Waals surface area contributed by atoms with Crippen LogP contribution in [-0.2, 0) is 4.79 Å². The molecule has 0 fully saturated rings. The summed E-state index contributed by atoms with van der Waals surface area (Å²) in [6.45, 7) is -0.471. The first-order valence-corrected chi connectivity index (χ1v) is 7.88. The summed E-state index contributed by atoms with van der Waals surface area (Å²) in [5.41, 5.74) is 7.63. The molecule has 1 amide bonds. The molecule has 26 heavy (non-hydrogen) atoms. The van der Waals surface area contributed by atoms with Gasteiger partial charge in [-0.1, -0.05) is 0 Å². The van der Waals surface area contributed by atoms with Gasteiger partial charge in [-0.05, 0) is 18.2 Å². The molecule has 0 radical (unpaired) electrons. The lowest BCUT2D eigenvalue weighted by Gasteiger charge is -2.07. The molecule has 0 saturated heterocycles. The number of amides is 1. The number of alkyl halides is 1. The smallest absolute Gasteiger partial charge is 0.250 e. The Morgan fingerprint density at radius 2 is 2.04 bits per heavy atom. The van der Waals surface area contributed by atoms with Gasteiger partial charge in [0.15, 0.2) is 5.82 Å². The van der Waals surface area contributed by atoms with Gasteiger partial charge < -0.3 is 15.5 Å². The predicted octanol–water partition coefficient (Wildman–Crippen LogP) is 3.00. The molecular formula is C18H16F2N4O2. The average molecular weight is 358 g/mol. The Labute approximate surface area is 147 Å². The molecule has 0 bridgehead atoms. The maximum atomic E-state index is 14.1. The molecule has 3 aromatic heterocycles. The van der Waals surface area contributed by atoms with E-state index in [0.29, 0.717) is 16.8 Å². The zero-order chi connectivity index (χ0) is 18.5. The van der Waals surface area contributed by atoms with E-state index in [1.165, 1.54) is 18.3 Å². The van der Waals surface area contributed by atoms with E-state index in [4.69, 9.17) is 10.5 Å². The number of aromatic nitrogens is 3. The van der Waals surface area contributed by atoms with E-state index in [9.17, 15) is 13.6 Å². The number of halogens is 2. The number of hydrogen-bond acceptors (Lipinski definition) is 4. The summed E-state index contributed by atoms with van der Waals surface area (Å²) < 4.78 is 31.3. The number of primary amides is 1. The Bertz CT molecular complexity index is 969. The number of nitrogens with zero attached hydrogens (tertiary/aromatic N) is 2. The minimum atomic E-state index is -0.635. The van der Waals surface area contributed by atoms with Gasteiger partial charge in [-0.15, -0.1) is 0 Å². The van der Waals surface area contributed by atoms with E-state index >= 15 is 0 Å². The number of carbonyl (C=O) groups excluding carboxylic acids is 1. The van der Waals surface area contributed by atoms with Crippen LogP contribution >= 0.6 is 0 Å². The van der Waals surface area contributed by atoms with Crippen LogP contribution in [0.5, 0.6) is 5.88 Å². The Morgan fingerprint density at radius 3 is 2.77 bits per heavy atom. The second-order valence-corrected chi connectivity index (χ2v) is 5.50. The molecule has 3 N–H and O–H groups in total. The molecule has 0 atom stereocenters. The molecule has 3 aromatic rings. The number of carbonyl (C=O) groups is 1. The number of pyridine rings is 2. The van der Waals surface area contributed by atoms with E-state index in [2.05, 4.69) is 15.0 Å². The van der Waals surface area contributed by atoms with Gasteiger partial charge >= 0.3 is 0 Å². The fourth-order valence-corrected chi connectivity index (χ4v) is 2.40. The summed E-state index contributed by atoms with van der Waals surface area (Å²) in [5, 5.41) is 0.753. The minimum absolute atomic E-state index is 0.0617. The summed E-state index contributed by atoms with van der Waals surface area (Å²) in [5.74, 6) is -1.36. The van der Waals surface area contributed by atoms with Crippen molar-refractivity contribution in [2.24, 2.45) is 5.73 Å². The fourth-order valence-electron chi connectivity index (χ4n) is 2.40. The topological polar surface area (TPSA) is 93.9 Å². The second-order valence-electron chi connectivity index (χ2n) is 5.50. The average Bonchev–Trinajstić information content (AvgIpc) is 3.03. The number of fused-ring (bicyclic) bond motifs is 1. The van der Waals surface area contributed by atoms with Crippen molar-refractivity contribution in [1.82, 2.24) is 15.0 Å². The van der Waals surface area contributed by atoms with Crippen LogP contribution in [0.3, 0.4) is 0 Å². The van der Waals surface area contributed by atoms with Gasteiger partial charge in [-0.2, -0.15) is 0 Å². The van der Waals surface area contributed by atoms with Gasteiger partial charge in [0.05, 0.1) is 13.3 Å². The van der Waals surface area contributed by atoms with E-state index < -0.39 is 18.4 Å². The van der Waals surface area contributed by atoms with E-state index in [1.54, 1.807) is 24.5 Å². The van der Waals surface area contributed by atoms with Crippen LogP contribution in [-0.4, -0.2) is 34.1 Å². The van der Waals surface area contributed by atoms with Crippen LogP contribution in [0.25, 0.3) is 28.2 Å². The van der Waals surface area contributed by atoms with Crippen LogP contribution in [0.4, 0.5) is 8.78 Å². The highest BCUT2D eigenvalue weighted by Gasteiger charge is 2.10. The second kappa shape index (κ2) is 7.73. The first-order valence-electron chi connectivity index (χ1n) is 7.88. The highest BCUT2D eigenvalue weighted by atomic mass is 19.1. The maximum Gasteiger partial charge on any atom is 0.250 e. The van der Waals surface area contributed by atoms with Gasteiger partial charge in [0.1, 0.15) is 5.65 Å². The quantitative estimate of drug-likeness (QED) is 0.501. The SMILES string of the molecule is NC(=O)C=Cc1c[nH]c2ncc(-c3cnc(OCCCF)c(F)c3)cc12. The molecule has 0 aromatic carbocycles. The van der Waals surface area contributed by atoms with Crippen molar-refractivity contribution in [1.29, 1.82) is 0 Å². The zero-order valence-electron chi connectivity index (χ0n) is 13.7. The molecule has 0 aliphatic rings. The van der Waals surface area contributed by atoms with Crippen LogP contribution in [0, 0.1) is 5.82 Å².